The monoisotopic (exact) mass is 326 g/mol. The van der Waals surface area contributed by atoms with Gasteiger partial charge in [-0.3, -0.25) is 4.79 Å². The minimum atomic E-state index is -0.00259. The normalized spacial score (nSPS) is 13.5. The summed E-state index contributed by atoms with van der Waals surface area (Å²) in [6.07, 6.45) is 2.75. The largest absolute Gasteiger partial charge is 0.301 e. The Morgan fingerprint density at radius 3 is 2.95 bits per heavy atom. The van der Waals surface area contributed by atoms with Crippen LogP contribution in [0.5, 0.6) is 0 Å². The maximum atomic E-state index is 11.9. The molecule has 0 spiro atoms. The van der Waals surface area contributed by atoms with Crippen LogP contribution in [0.1, 0.15) is 23.2 Å². The van der Waals surface area contributed by atoms with Crippen LogP contribution in [-0.2, 0) is 18.6 Å². The Labute approximate surface area is 130 Å². The number of rotatable bonds is 3. The number of nitrogens with zero attached hydrogens (tertiary/aromatic N) is 1. The van der Waals surface area contributed by atoms with E-state index in [9.17, 15) is 4.79 Å². The first kappa shape index (κ1) is 14.0. The predicted octanol–water partition coefficient (Wildman–Crippen LogP) is 3.86. The fraction of sp³-hybridized carbons (Fsp3) is 0.286. The van der Waals surface area contributed by atoms with Gasteiger partial charge in [0.25, 0.3) is 5.56 Å². The molecule has 1 aliphatic rings. The minimum Gasteiger partial charge on any atom is -0.301 e. The van der Waals surface area contributed by atoms with Gasteiger partial charge in [-0.05, 0) is 37.0 Å². The summed E-state index contributed by atoms with van der Waals surface area (Å²) < 4.78 is 0. The zero-order chi connectivity index (χ0) is 14.1. The molecule has 1 aromatic heterocycles. The Hall–Kier alpha value is -0.970. The molecule has 3 nitrogen and oxygen atoms in total. The quantitative estimate of drug-likeness (QED) is 0.688. The predicted molar refractivity (Wildman–Crippen MR) is 82.9 cm³/mol. The third-order valence-electron chi connectivity index (χ3n) is 3.30. The van der Waals surface area contributed by atoms with Gasteiger partial charge in [0.2, 0.25) is 0 Å². The van der Waals surface area contributed by atoms with Crippen LogP contribution in [0.2, 0.25) is 10.0 Å². The number of halogens is 2. The van der Waals surface area contributed by atoms with E-state index in [4.69, 9.17) is 23.2 Å². The van der Waals surface area contributed by atoms with Crippen LogP contribution in [0, 0.1) is 0 Å². The van der Waals surface area contributed by atoms with Crippen LogP contribution < -0.4 is 5.56 Å². The topological polar surface area (TPSA) is 45.8 Å². The van der Waals surface area contributed by atoms with Gasteiger partial charge in [-0.25, -0.2) is 4.98 Å². The number of aromatic nitrogens is 2. The molecule has 0 bridgehead atoms. The van der Waals surface area contributed by atoms with Crippen molar-refractivity contribution in [2.75, 3.05) is 0 Å². The summed E-state index contributed by atoms with van der Waals surface area (Å²) in [5.41, 5.74) is 2.76. The summed E-state index contributed by atoms with van der Waals surface area (Å²) in [5, 5.41) is 1.91. The zero-order valence-corrected chi connectivity index (χ0v) is 12.9. The lowest BCUT2D eigenvalue weighted by molar-refractivity contribution is 0.869. The molecule has 0 atom stereocenters. The molecule has 1 aliphatic carbocycles. The number of H-pyrrole nitrogens is 1. The highest BCUT2D eigenvalue weighted by atomic mass is 35.5. The maximum absolute atomic E-state index is 11.9. The molecule has 0 saturated carbocycles. The van der Waals surface area contributed by atoms with Gasteiger partial charge in [0.1, 0.15) is 0 Å². The van der Waals surface area contributed by atoms with Gasteiger partial charge in [-0.2, -0.15) is 0 Å². The van der Waals surface area contributed by atoms with Gasteiger partial charge in [-0.1, -0.05) is 41.0 Å². The average molecular weight is 327 g/mol. The number of fused-ring (bicyclic) bond motifs is 1. The molecule has 0 radical (unpaired) electrons. The van der Waals surface area contributed by atoms with E-state index >= 15 is 0 Å². The molecule has 0 saturated heterocycles. The van der Waals surface area contributed by atoms with Crippen LogP contribution in [-0.4, -0.2) is 9.97 Å². The van der Waals surface area contributed by atoms with Crippen molar-refractivity contribution >= 4 is 35.0 Å². The summed E-state index contributed by atoms with van der Waals surface area (Å²) in [5.74, 6) is 0.651. The highest BCUT2D eigenvalue weighted by molar-refractivity contribution is 7.98. The number of nitrogens with one attached hydrogen (secondary N) is 1. The lowest BCUT2D eigenvalue weighted by Gasteiger charge is -2.05. The summed E-state index contributed by atoms with van der Waals surface area (Å²) in [7, 11) is 0. The molecule has 2 aromatic rings. The van der Waals surface area contributed by atoms with E-state index in [0.717, 1.165) is 36.1 Å². The second-order valence-electron chi connectivity index (χ2n) is 4.67. The Balaban J connectivity index is 1.79. The molecule has 1 heterocycles. The lowest BCUT2D eigenvalue weighted by Crippen LogP contribution is -2.14. The van der Waals surface area contributed by atoms with Crippen molar-refractivity contribution in [3.63, 3.8) is 0 Å². The number of aryl methyl sites for hydroxylation is 1. The van der Waals surface area contributed by atoms with E-state index in [0.29, 0.717) is 21.0 Å². The standard InChI is InChI=1S/C14H12Cl2N2OS/c15-9-5-4-8(11(16)6-9)7-20-14-17-12-3-1-2-10(12)13(19)18-14/h4-6H,1-3,7H2,(H,17,18,19). The van der Waals surface area contributed by atoms with Gasteiger partial charge in [0.15, 0.2) is 5.16 Å². The van der Waals surface area contributed by atoms with Crippen LogP contribution in [0.15, 0.2) is 28.2 Å². The van der Waals surface area contributed by atoms with Crippen molar-refractivity contribution in [2.45, 2.75) is 30.2 Å². The third-order valence-corrected chi connectivity index (χ3v) is 4.81. The number of aromatic amines is 1. The summed E-state index contributed by atoms with van der Waals surface area (Å²) in [4.78, 5) is 19.3. The van der Waals surface area contributed by atoms with Crippen molar-refractivity contribution in [2.24, 2.45) is 0 Å². The summed E-state index contributed by atoms with van der Waals surface area (Å²) in [6, 6.07) is 5.42. The van der Waals surface area contributed by atoms with Crippen molar-refractivity contribution in [3.8, 4) is 0 Å². The average Bonchev–Trinajstić information content (AvgIpc) is 2.86. The van der Waals surface area contributed by atoms with Crippen molar-refractivity contribution in [1.82, 2.24) is 9.97 Å². The molecule has 104 valence electrons. The van der Waals surface area contributed by atoms with Crippen molar-refractivity contribution in [3.05, 3.63) is 55.4 Å². The van der Waals surface area contributed by atoms with Gasteiger partial charge in [0, 0.05) is 21.4 Å². The minimum absolute atomic E-state index is 0.00259. The van der Waals surface area contributed by atoms with E-state index < -0.39 is 0 Å². The molecule has 0 fully saturated rings. The molecule has 0 unspecified atom stereocenters. The highest BCUT2D eigenvalue weighted by Crippen LogP contribution is 2.27. The van der Waals surface area contributed by atoms with E-state index in [1.807, 2.05) is 12.1 Å². The molecule has 1 N–H and O–H groups in total. The second kappa shape index (κ2) is 5.80. The fourth-order valence-electron chi connectivity index (χ4n) is 2.27. The number of hydrogen-bond acceptors (Lipinski definition) is 3. The van der Waals surface area contributed by atoms with Crippen LogP contribution in [0.3, 0.4) is 0 Å². The van der Waals surface area contributed by atoms with Crippen molar-refractivity contribution < 1.29 is 0 Å². The van der Waals surface area contributed by atoms with E-state index in [-0.39, 0.29) is 5.56 Å². The second-order valence-corrected chi connectivity index (χ2v) is 6.48. The van der Waals surface area contributed by atoms with Gasteiger partial charge >= 0.3 is 0 Å². The molecule has 0 aliphatic heterocycles. The Morgan fingerprint density at radius 2 is 2.15 bits per heavy atom. The first-order valence-corrected chi connectivity index (χ1v) is 8.06. The molecular weight excluding hydrogens is 315 g/mol. The van der Waals surface area contributed by atoms with E-state index in [2.05, 4.69) is 9.97 Å². The zero-order valence-electron chi connectivity index (χ0n) is 10.6. The molecular formula is C14H12Cl2N2OS. The van der Waals surface area contributed by atoms with E-state index in [1.165, 1.54) is 11.8 Å². The Kier molecular flexibility index (Phi) is 4.06. The Bertz CT molecular complexity index is 715. The number of benzene rings is 1. The summed E-state index contributed by atoms with van der Waals surface area (Å²) >= 11 is 13.5. The molecule has 1 aromatic carbocycles. The Morgan fingerprint density at radius 1 is 1.30 bits per heavy atom. The number of hydrogen-bond donors (Lipinski definition) is 1. The van der Waals surface area contributed by atoms with Crippen LogP contribution >= 0.6 is 35.0 Å². The smallest absolute Gasteiger partial charge is 0.254 e. The first-order valence-electron chi connectivity index (χ1n) is 6.32. The fourth-order valence-corrected chi connectivity index (χ4v) is 3.71. The third kappa shape index (κ3) is 2.87. The van der Waals surface area contributed by atoms with Gasteiger partial charge in [-0.15, -0.1) is 0 Å². The van der Waals surface area contributed by atoms with Gasteiger partial charge in [0.05, 0.1) is 5.69 Å². The summed E-state index contributed by atoms with van der Waals surface area (Å²) in [6.45, 7) is 0. The molecule has 0 amide bonds. The van der Waals surface area contributed by atoms with Crippen LogP contribution in [0.25, 0.3) is 0 Å². The van der Waals surface area contributed by atoms with Crippen LogP contribution in [0.4, 0.5) is 0 Å². The highest BCUT2D eigenvalue weighted by Gasteiger charge is 2.17. The SMILES string of the molecule is O=c1[nH]c(SCc2ccc(Cl)cc2Cl)nc2c1CCC2. The van der Waals surface area contributed by atoms with Crippen molar-refractivity contribution in [1.29, 1.82) is 0 Å². The first-order chi connectivity index (χ1) is 9.63. The lowest BCUT2D eigenvalue weighted by atomic mass is 10.2. The molecule has 20 heavy (non-hydrogen) atoms. The van der Waals surface area contributed by atoms with E-state index in [1.54, 1.807) is 6.07 Å². The molecule has 6 heteroatoms. The molecule has 3 rings (SSSR count). The number of thioether (sulfide) groups is 1. The van der Waals surface area contributed by atoms with Gasteiger partial charge < -0.3 is 4.98 Å². The maximum Gasteiger partial charge on any atom is 0.254 e.